The number of nitrogens with zero attached hydrogens (tertiary/aromatic N) is 1. The molecule has 2 aromatic carbocycles. The molecule has 0 saturated heterocycles. The van der Waals surface area contributed by atoms with Crippen LogP contribution in [0.1, 0.15) is 24.8 Å². The first-order chi connectivity index (χ1) is 10.2. The molecular formula is C17H16N2O2. The number of carboxylic acids is 1. The van der Waals surface area contributed by atoms with Crippen molar-refractivity contribution in [3.8, 4) is 6.07 Å². The predicted molar refractivity (Wildman–Crippen MR) is 81.1 cm³/mol. The van der Waals surface area contributed by atoms with Gasteiger partial charge in [-0.2, -0.15) is 5.26 Å². The number of anilines is 1. The van der Waals surface area contributed by atoms with E-state index in [1.165, 1.54) is 0 Å². The lowest BCUT2D eigenvalue weighted by Gasteiger charge is -2.38. The SMILES string of the molecule is N#Cc1ccc(NCC2(C(=O)O)CCC2)c2ccccc12. The molecule has 21 heavy (non-hydrogen) atoms. The maximum absolute atomic E-state index is 11.4. The van der Waals surface area contributed by atoms with Gasteiger partial charge in [0.1, 0.15) is 0 Å². The Hall–Kier alpha value is -2.54. The van der Waals surface area contributed by atoms with E-state index in [0.29, 0.717) is 12.1 Å². The van der Waals surface area contributed by atoms with Gasteiger partial charge in [0.25, 0.3) is 0 Å². The van der Waals surface area contributed by atoms with Crippen molar-refractivity contribution in [1.82, 2.24) is 0 Å². The summed E-state index contributed by atoms with van der Waals surface area (Å²) in [6.45, 7) is 0.429. The molecule has 0 atom stereocenters. The molecule has 0 amide bonds. The summed E-state index contributed by atoms with van der Waals surface area (Å²) in [4.78, 5) is 11.4. The van der Waals surface area contributed by atoms with Crippen LogP contribution in [0.5, 0.6) is 0 Å². The van der Waals surface area contributed by atoms with Gasteiger partial charge < -0.3 is 10.4 Å². The van der Waals surface area contributed by atoms with E-state index in [1.807, 2.05) is 30.3 Å². The van der Waals surface area contributed by atoms with Crippen molar-refractivity contribution in [1.29, 1.82) is 5.26 Å². The van der Waals surface area contributed by atoms with E-state index in [9.17, 15) is 9.90 Å². The second-order valence-corrected chi connectivity index (χ2v) is 5.61. The topological polar surface area (TPSA) is 73.1 Å². The van der Waals surface area contributed by atoms with E-state index in [0.717, 1.165) is 35.7 Å². The van der Waals surface area contributed by atoms with Crippen LogP contribution in [0.15, 0.2) is 36.4 Å². The summed E-state index contributed by atoms with van der Waals surface area (Å²) in [7, 11) is 0. The molecule has 1 saturated carbocycles. The quantitative estimate of drug-likeness (QED) is 0.900. The number of rotatable bonds is 4. The van der Waals surface area contributed by atoms with Crippen LogP contribution in [0.4, 0.5) is 5.69 Å². The summed E-state index contributed by atoms with van der Waals surface area (Å²) < 4.78 is 0. The first kappa shape index (κ1) is 13.4. The number of nitriles is 1. The van der Waals surface area contributed by atoms with Gasteiger partial charge in [0.2, 0.25) is 0 Å². The number of hydrogen-bond acceptors (Lipinski definition) is 3. The summed E-state index contributed by atoms with van der Waals surface area (Å²) in [5.74, 6) is -0.723. The second kappa shape index (κ2) is 5.10. The van der Waals surface area contributed by atoms with Crippen molar-refractivity contribution in [3.63, 3.8) is 0 Å². The van der Waals surface area contributed by atoms with E-state index in [2.05, 4.69) is 11.4 Å². The number of aliphatic carboxylic acids is 1. The largest absolute Gasteiger partial charge is 0.481 e. The van der Waals surface area contributed by atoms with Gasteiger partial charge in [0.05, 0.1) is 17.0 Å². The minimum Gasteiger partial charge on any atom is -0.481 e. The van der Waals surface area contributed by atoms with Crippen molar-refractivity contribution in [2.75, 3.05) is 11.9 Å². The van der Waals surface area contributed by atoms with Crippen LogP contribution in [0.2, 0.25) is 0 Å². The number of benzene rings is 2. The van der Waals surface area contributed by atoms with Gasteiger partial charge >= 0.3 is 5.97 Å². The van der Waals surface area contributed by atoms with Crippen molar-refractivity contribution in [3.05, 3.63) is 42.0 Å². The third-order valence-electron chi connectivity index (χ3n) is 4.43. The van der Waals surface area contributed by atoms with Gasteiger partial charge in [-0.1, -0.05) is 30.7 Å². The zero-order valence-electron chi connectivity index (χ0n) is 11.6. The highest BCUT2D eigenvalue weighted by Crippen LogP contribution is 2.41. The highest BCUT2D eigenvalue weighted by atomic mass is 16.4. The van der Waals surface area contributed by atoms with Crippen molar-refractivity contribution >= 4 is 22.4 Å². The first-order valence-corrected chi connectivity index (χ1v) is 7.05. The summed E-state index contributed by atoms with van der Waals surface area (Å²) in [6, 6.07) is 13.5. The average Bonchev–Trinajstić information content (AvgIpc) is 2.45. The summed E-state index contributed by atoms with van der Waals surface area (Å²) in [5.41, 5.74) is 0.888. The third-order valence-corrected chi connectivity index (χ3v) is 4.43. The second-order valence-electron chi connectivity index (χ2n) is 5.61. The Morgan fingerprint density at radius 1 is 1.24 bits per heavy atom. The van der Waals surface area contributed by atoms with E-state index in [4.69, 9.17) is 5.26 Å². The highest BCUT2D eigenvalue weighted by Gasteiger charge is 2.44. The van der Waals surface area contributed by atoms with Crippen LogP contribution in [0, 0.1) is 16.7 Å². The molecule has 3 rings (SSSR count). The molecule has 0 spiro atoms. The molecule has 0 aliphatic heterocycles. The molecule has 4 nitrogen and oxygen atoms in total. The molecule has 0 bridgehead atoms. The monoisotopic (exact) mass is 280 g/mol. The Morgan fingerprint density at radius 3 is 2.52 bits per heavy atom. The molecule has 1 fully saturated rings. The van der Waals surface area contributed by atoms with Crippen LogP contribution in [-0.4, -0.2) is 17.6 Å². The number of nitrogens with one attached hydrogen (secondary N) is 1. The summed E-state index contributed by atoms with van der Waals surface area (Å²) in [6.07, 6.45) is 2.43. The van der Waals surface area contributed by atoms with Crippen molar-refractivity contribution in [2.24, 2.45) is 5.41 Å². The predicted octanol–water partition coefficient (Wildman–Crippen LogP) is 3.38. The first-order valence-electron chi connectivity index (χ1n) is 7.05. The molecule has 106 valence electrons. The third kappa shape index (κ3) is 2.21. The maximum atomic E-state index is 11.4. The number of carboxylic acid groups (broad SMARTS) is 1. The smallest absolute Gasteiger partial charge is 0.311 e. The van der Waals surface area contributed by atoms with Crippen molar-refractivity contribution in [2.45, 2.75) is 19.3 Å². The van der Waals surface area contributed by atoms with Crippen LogP contribution in [0.25, 0.3) is 10.8 Å². The Balaban J connectivity index is 1.92. The molecule has 1 aliphatic rings. The lowest BCUT2D eigenvalue weighted by atomic mass is 9.69. The van der Waals surface area contributed by atoms with E-state index >= 15 is 0 Å². The Kier molecular flexibility index (Phi) is 3.26. The molecule has 1 aliphatic carbocycles. The number of fused-ring (bicyclic) bond motifs is 1. The maximum Gasteiger partial charge on any atom is 0.311 e. The van der Waals surface area contributed by atoms with Crippen LogP contribution >= 0.6 is 0 Å². The van der Waals surface area contributed by atoms with Crippen LogP contribution in [0.3, 0.4) is 0 Å². The molecule has 2 N–H and O–H groups in total. The Morgan fingerprint density at radius 2 is 1.95 bits per heavy atom. The van der Waals surface area contributed by atoms with Gasteiger partial charge in [-0.05, 0) is 25.0 Å². The zero-order chi connectivity index (χ0) is 14.9. The Labute approximate surface area is 123 Å². The number of hydrogen-bond donors (Lipinski definition) is 2. The molecule has 4 heteroatoms. The molecule has 2 aromatic rings. The van der Waals surface area contributed by atoms with Gasteiger partial charge in [-0.25, -0.2) is 0 Å². The lowest BCUT2D eigenvalue weighted by molar-refractivity contribution is -0.153. The Bertz CT molecular complexity index is 742. The summed E-state index contributed by atoms with van der Waals surface area (Å²) >= 11 is 0. The van der Waals surface area contributed by atoms with Crippen LogP contribution in [-0.2, 0) is 4.79 Å². The fourth-order valence-electron chi connectivity index (χ4n) is 2.88. The minimum atomic E-state index is -0.723. The fourth-order valence-corrected chi connectivity index (χ4v) is 2.88. The van der Waals surface area contributed by atoms with Crippen LogP contribution < -0.4 is 5.32 Å². The lowest BCUT2D eigenvalue weighted by Crippen LogP contribution is -2.43. The zero-order valence-corrected chi connectivity index (χ0v) is 11.6. The van der Waals surface area contributed by atoms with E-state index in [1.54, 1.807) is 6.07 Å². The highest BCUT2D eigenvalue weighted by molar-refractivity contribution is 5.97. The standard InChI is InChI=1S/C17H16N2O2/c18-10-12-6-7-15(14-5-2-1-4-13(12)14)19-11-17(16(20)21)8-3-9-17/h1-2,4-7,19H,3,8-9,11H2,(H,20,21). The van der Waals surface area contributed by atoms with E-state index in [-0.39, 0.29) is 0 Å². The average molecular weight is 280 g/mol. The number of carbonyl (C=O) groups is 1. The molecular weight excluding hydrogens is 264 g/mol. The van der Waals surface area contributed by atoms with E-state index < -0.39 is 11.4 Å². The summed E-state index contributed by atoms with van der Waals surface area (Å²) in [5, 5.41) is 23.7. The molecule has 0 unspecified atom stereocenters. The van der Waals surface area contributed by atoms with Gasteiger partial charge in [0, 0.05) is 23.0 Å². The molecule has 0 radical (unpaired) electrons. The molecule has 0 heterocycles. The fraction of sp³-hybridized carbons (Fsp3) is 0.294. The van der Waals surface area contributed by atoms with Gasteiger partial charge in [-0.3, -0.25) is 4.79 Å². The van der Waals surface area contributed by atoms with Gasteiger partial charge in [-0.15, -0.1) is 0 Å². The molecule has 0 aromatic heterocycles. The van der Waals surface area contributed by atoms with Crippen molar-refractivity contribution < 1.29 is 9.90 Å². The minimum absolute atomic E-state index is 0.429. The normalized spacial score (nSPS) is 16.0. The van der Waals surface area contributed by atoms with Gasteiger partial charge in [0.15, 0.2) is 0 Å².